The predicted octanol–water partition coefficient (Wildman–Crippen LogP) is 3.28. The Labute approximate surface area is 143 Å². The Morgan fingerprint density at radius 2 is 1.88 bits per heavy atom. The average Bonchev–Trinajstić information content (AvgIpc) is 3.08. The van der Waals surface area contributed by atoms with Crippen molar-refractivity contribution in [2.24, 2.45) is 0 Å². The number of likely N-dealkylation sites (tertiary alicyclic amines) is 1. The maximum absolute atomic E-state index is 11.2. The van der Waals surface area contributed by atoms with E-state index in [4.69, 9.17) is 0 Å². The molecule has 0 bridgehead atoms. The van der Waals surface area contributed by atoms with Crippen molar-refractivity contribution in [3.63, 3.8) is 0 Å². The lowest BCUT2D eigenvalue weighted by Gasteiger charge is -2.24. The van der Waals surface area contributed by atoms with Gasteiger partial charge in [-0.25, -0.2) is 13.4 Å². The van der Waals surface area contributed by atoms with Crippen molar-refractivity contribution >= 4 is 15.8 Å². The molecule has 1 aliphatic rings. The molecule has 3 rings (SSSR count). The fourth-order valence-electron chi connectivity index (χ4n) is 3.13. The van der Waals surface area contributed by atoms with E-state index < -0.39 is 10.0 Å². The van der Waals surface area contributed by atoms with Crippen molar-refractivity contribution < 1.29 is 8.42 Å². The maximum Gasteiger partial charge on any atom is 0.230 e. The van der Waals surface area contributed by atoms with Gasteiger partial charge in [0.05, 0.1) is 6.26 Å². The molecule has 1 aliphatic heterocycles. The molecule has 2 heterocycles. The molecule has 1 saturated heterocycles. The number of benzene rings is 1. The standard InChI is InChI=1S/C18H23N3O2S/c1-14(21-10-3-4-11-21)15-6-5-7-16(12-15)17-8-9-18(19-13-17)20-24(2,22)23/h5-9,12-14H,3-4,10-11H2,1-2H3,(H,19,20)/t14-/m1/s1. The second kappa shape index (κ2) is 6.91. The fourth-order valence-corrected chi connectivity index (χ4v) is 3.63. The Balaban J connectivity index is 1.80. The number of aromatic nitrogens is 1. The molecule has 128 valence electrons. The van der Waals surface area contributed by atoms with Crippen LogP contribution < -0.4 is 4.72 Å². The van der Waals surface area contributed by atoms with Crippen LogP contribution in [-0.2, 0) is 10.0 Å². The van der Waals surface area contributed by atoms with Crippen molar-refractivity contribution in [3.05, 3.63) is 48.2 Å². The van der Waals surface area contributed by atoms with Crippen LogP contribution in [0.5, 0.6) is 0 Å². The first-order chi connectivity index (χ1) is 11.4. The molecule has 0 spiro atoms. The van der Waals surface area contributed by atoms with Gasteiger partial charge in [0.2, 0.25) is 10.0 Å². The van der Waals surface area contributed by atoms with Gasteiger partial charge in [0.15, 0.2) is 0 Å². The molecule has 1 aromatic carbocycles. The highest BCUT2D eigenvalue weighted by Crippen LogP contribution is 2.28. The molecule has 5 nitrogen and oxygen atoms in total. The zero-order valence-electron chi connectivity index (χ0n) is 14.1. The molecule has 1 atom stereocenters. The predicted molar refractivity (Wildman–Crippen MR) is 97.4 cm³/mol. The molecular weight excluding hydrogens is 322 g/mol. The Bertz CT molecular complexity index is 797. The van der Waals surface area contributed by atoms with Crippen molar-refractivity contribution in [2.45, 2.75) is 25.8 Å². The number of sulfonamides is 1. The third kappa shape index (κ3) is 4.13. The van der Waals surface area contributed by atoms with Gasteiger partial charge in [-0.1, -0.05) is 18.2 Å². The van der Waals surface area contributed by atoms with E-state index in [1.54, 1.807) is 12.3 Å². The first kappa shape index (κ1) is 16.9. The summed E-state index contributed by atoms with van der Waals surface area (Å²) in [4.78, 5) is 6.70. The molecule has 0 radical (unpaired) electrons. The Morgan fingerprint density at radius 3 is 2.50 bits per heavy atom. The van der Waals surface area contributed by atoms with Gasteiger partial charge in [0.1, 0.15) is 5.82 Å². The van der Waals surface area contributed by atoms with Crippen LogP contribution in [0.1, 0.15) is 31.4 Å². The van der Waals surface area contributed by atoms with Crippen LogP contribution in [-0.4, -0.2) is 37.6 Å². The van der Waals surface area contributed by atoms with Gasteiger partial charge in [0.25, 0.3) is 0 Å². The third-order valence-electron chi connectivity index (χ3n) is 4.44. The monoisotopic (exact) mass is 345 g/mol. The minimum Gasteiger partial charge on any atom is -0.297 e. The van der Waals surface area contributed by atoms with Crippen LogP contribution >= 0.6 is 0 Å². The van der Waals surface area contributed by atoms with Crippen LogP contribution in [0.2, 0.25) is 0 Å². The van der Waals surface area contributed by atoms with Crippen LogP contribution in [0.4, 0.5) is 5.82 Å². The first-order valence-electron chi connectivity index (χ1n) is 8.20. The zero-order valence-corrected chi connectivity index (χ0v) is 14.9. The summed E-state index contributed by atoms with van der Waals surface area (Å²) in [7, 11) is -3.30. The van der Waals surface area contributed by atoms with Gasteiger partial charge in [-0.05, 0) is 62.2 Å². The van der Waals surface area contributed by atoms with Crippen molar-refractivity contribution in [1.82, 2.24) is 9.88 Å². The van der Waals surface area contributed by atoms with E-state index >= 15 is 0 Å². The summed E-state index contributed by atoms with van der Waals surface area (Å²) in [6.45, 7) is 4.58. The van der Waals surface area contributed by atoms with E-state index in [1.807, 2.05) is 6.07 Å². The van der Waals surface area contributed by atoms with Crippen LogP contribution in [0.25, 0.3) is 11.1 Å². The summed E-state index contributed by atoms with van der Waals surface area (Å²) >= 11 is 0. The van der Waals surface area contributed by atoms with E-state index in [2.05, 4.69) is 45.8 Å². The van der Waals surface area contributed by atoms with Crippen LogP contribution in [0.15, 0.2) is 42.6 Å². The summed E-state index contributed by atoms with van der Waals surface area (Å²) < 4.78 is 24.9. The number of hydrogen-bond donors (Lipinski definition) is 1. The minimum atomic E-state index is -3.30. The number of anilines is 1. The Morgan fingerprint density at radius 1 is 1.12 bits per heavy atom. The number of pyridine rings is 1. The second-order valence-corrected chi connectivity index (χ2v) is 8.10. The van der Waals surface area contributed by atoms with Crippen molar-refractivity contribution in [3.8, 4) is 11.1 Å². The van der Waals surface area contributed by atoms with Gasteiger partial charge in [0, 0.05) is 17.8 Å². The first-order valence-corrected chi connectivity index (χ1v) is 10.1. The highest BCUT2D eigenvalue weighted by atomic mass is 32.2. The molecule has 6 heteroatoms. The molecule has 1 fully saturated rings. The van der Waals surface area contributed by atoms with Gasteiger partial charge in [-0.2, -0.15) is 0 Å². The Hall–Kier alpha value is -1.92. The summed E-state index contributed by atoms with van der Waals surface area (Å²) in [5, 5.41) is 0. The highest BCUT2D eigenvalue weighted by Gasteiger charge is 2.19. The topological polar surface area (TPSA) is 62.3 Å². The second-order valence-electron chi connectivity index (χ2n) is 6.35. The molecule has 0 aliphatic carbocycles. The largest absolute Gasteiger partial charge is 0.297 e. The molecule has 0 amide bonds. The lowest BCUT2D eigenvalue weighted by atomic mass is 10.0. The minimum absolute atomic E-state index is 0.336. The van der Waals surface area contributed by atoms with Crippen LogP contribution in [0.3, 0.4) is 0 Å². The summed E-state index contributed by atoms with van der Waals surface area (Å²) in [5.41, 5.74) is 3.37. The number of nitrogens with one attached hydrogen (secondary N) is 1. The molecule has 1 aromatic heterocycles. The summed E-state index contributed by atoms with van der Waals surface area (Å²) in [5.74, 6) is 0.336. The molecule has 1 N–H and O–H groups in total. The van der Waals surface area contributed by atoms with Gasteiger partial charge < -0.3 is 0 Å². The summed E-state index contributed by atoms with van der Waals surface area (Å²) in [6.07, 6.45) is 5.38. The van der Waals surface area contributed by atoms with Gasteiger partial charge in [-0.15, -0.1) is 0 Å². The van der Waals surface area contributed by atoms with Crippen LogP contribution in [0, 0.1) is 0 Å². The number of nitrogens with zero attached hydrogens (tertiary/aromatic N) is 2. The smallest absolute Gasteiger partial charge is 0.230 e. The van der Waals surface area contributed by atoms with Gasteiger partial charge >= 0.3 is 0 Å². The van der Waals surface area contributed by atoms with E-state index in [1.165, 1.54) is 31.5 Å². The van der Waals surface area contributed by atoms with Gasteiger partial charge in [-0.3, -0.25) is 9.62 Å². The maximum atomic E-state index is 11.2. The van der Waals surface area contributed by atoms with E-state index in [0.29, 0.717) is 11.9 Å². The molecular formula is C18H23N3O2S. The average molecular weight is 345 g/mol. The number of rotatable bonds is 5. The molecule has 2 aromatic rings. The van der Waals surface area contributed by atoms with E-state index in [-0.39, 0.29) is 0 Å². The molecule has 24 heavy (non-hydrogen) atoms. The summed E-state index contributed by atoms with van der Waals surface area (Å²) in [6, 6.07) is 12.5. The molecule has 0 saturated carbocycles. The molecule has 0 unspecified atom stereocenters. The third-order valence-corrected chi connectivity index (χ3v) is 5.02. The number of hydrogen-bond acceptors (Lipinski definition) is 4. The van der Waals surface area contributed by atoms with E-state index in [0.717, 1.165) is 17.4 Å². The zero-order chi connectivity index (χ0) is 17.2. The normalized spacial score (nSPS) is 16.9. The Kier molecular flexibility index (Phi) is 4.87. The quantitative estimate of drug-likeness (QED) is 0.903. The lowest BCUT2D eigenvalue weighted by Crippen LogP contribution is -2.23. The van der Waals surface area contributed by atoms with E-state index in [9.17, 15) is 8.42 Å². The van der Waals surface area contributed by atoms with Crippen molar-refractivity contribution in [1.29, 1.82) is 0 Å². The highest BCUT2D eigenvalue weighted by molar-refractivity contribution is 7.92. The van der Waals surface area contributed by atoms with Crippen molar-refractivity contribution in [2.75, 3.05) is 24.1 Å². The lowest BCUT2D eigenvalue weighted by molar-refractivity contribution is 0.263. The SMILES string of the molecule is C[C@H](c1cccc(-c2ccc(NS(C)(=O)=O)nc2)c1)N1CCCC1. The fraction of sp³-hybridized carbons (Fsp3) is 0.389.